The number of nitrogens with zero attached hydrogens (tertiary/aromatic N) is 5. The van der Waals surface area contributed by atoms with Crippen LogP contribution in [-0.4, -0.2) is 96.7 Å². The Balaban J connectivity index is 1.40. The van der Waals surface area contributed by atoms with Crippen molar-refractivity contribution < 1.29 is 32.2 Å². The van der Waals surface area contributed by atoms with E-state index in [1.54, 1.807) is 4.90 Å². The van der Waals surface area contributed by atoms with E-state index in [0.29, 0.717) is 47.9 Å². The lowest BCUT2D eigenvalue weighted by atomic mass is 9.72. The fourth-order valence-corrected chi connectivity index (χ4v) is 6.86. The molecule has 0 atom stereocenters. The van der Waals surface area contributed by atoms with E-state index < -0.39 is 18.4 Å². The molecule has 1 aromatic heterocycles. The fraction of sp³-hybridized carbons (Fsp3) is 0.710. The van der Waals surface area contributed by atoms with Crippen LogP contribution in [0.5, 0.6) is 11.8 Å². The number of ether oxygens (including phenoxy) is 3. The second-order valence-corrected chi connectivity index (χ2v) is 14.6. The number of halogens is 4. The van der Waals surface area contributed by atoms with E-state index in [1.807, 2.05) is 33.8 Å². The molecule has 1 amide bonds. The highest BCUT2D eigenvalue weighted by molar-refractivity contribution is 9.10. The van der Waals surface area contributed by atoms with Crippen molar-refractivity contribution in [2.75, 3.05) is 51.8 Å². The quantitative estimate of drug-likeness (QED) is 0.331. The van der Waals surface area contributed by atoms with Crippen LogP contribution in [-0.2, 0) is 4.74 Å². The molecule has 244 valence electrons. The molecule has 1 saturated carbocycles. The number of aromatic nitrogens is 2. The van der Waals surface area contributed by atoms with Gasteiger partial charge in [-0.1, -0.05) is 0 Å². The summed E-state index contributed by atoms with van der Waals surface area (Å²) in [7, 11) is 4.16. The van der Waals surface area contributed by atoms with Crippen molar-refractivity contribution in [1.82, 2.24) is 19.8 Å². The van der Waals surface area contributed by atoms with Crippen LogP contribution in [0.25, 0.3) is 10.9 Å². The van der Waals surface area contributed by atoms with E-state index in [1.165, 1.54) is 0 Å². The maximum atomic E-state index is 13.2. The van der Waals surface area contributed by atoms with Crippen molar-refractivity contribution in [3.63, 3.8) is 0 Å². The number of hydrogen-bond acceptors (Lipinski definition) is 8. The number of anilines is 1. The van der Waals surface area contributed by atoms with Crippen LogP contribution in [0.1, 0.15) is 64.9 Å². The average molecular weight is 687 g/mol. The number of likely N-dealkylation sites (tertiary alicyclic amines) is 1. The Bertz CT molecular complexity index is 1360. The Morgan fingerprint density at radius 3 is 2.30 bits per heavy atom. The molecule has 9 nitrogen and oxygen atoms in total. The average Bonchev–Trinajstić information content (AvgIpc) is 2.91. The maximum absolute atomic E-state index is 13.2. The molecule has 0 radical (unpaired) electrons. The number of benzene rings is 1. The highest BCUT2D eigenvalue weighted by Gasteiger charge is 2.48. The minimum absolute atomic E-state index is 0.0145. The monoisotopic (exact) mass is 685 g/mol. The van der Waals surface area contributed by atoms with Gasteiger partial charge in [0.1, 0.15) is 23.0 Å². The number of rotatable bonds is 6. The van der Waals surface area contributed by atoms with Gasteiger partial charge in [-0.25, -0.2) is 4.79 Å². The Kier molecular flexibility index (Phi) is 9.21. The van der Waals surface area contributed by atoms with Gasteiger partial charge in [-0.2, -0.15) is 23.1 Å². The number of aryl methyl sites for hydroxylation is 1. The van der Waals surface area contributed by atoms with Crippen LogP contribution in [0.3, 0.4) is 0 Å². The van der Waals surface area contributed by atoms with Crippen LogP contribution >= 0.6 is 15.9 Å². The van der Waals surface area contributed by atoms with Gasteiger partial charge in [0.2, 0.25) is 0 Å². The standard InChI is InChI=1S/C31H43BrF3N5O4/c1-19-15-22-24(25(23(19)32)42-18-31(33,34)35)36-27(43-21-9-7-20(8-10-21)38(5)6)37-26(22)39-13-11-30(12-14-39)16-40(17-30)28(41)44-29(2,3)4/h15,20-21H,7-14,16-18H2,1-6H3. The molecule has 5 rings (SSSR count). The summed E-state index contributed by atoms with van der Waals surface area (Å²) in [6, 6.07) is 2.52. The van der Waals surface area contributed by atoms with Gasteiger partial charge in [0, 0.05) is 43.0 Å². The number of carbonyl (C=O) groups is 1. The molecule has 3 heterocycles. The molecule has 2 aliphatic heterocycles. The van der Waals surface area contributed by atoms with Gasteiger partial charge in [0.25, 0.3) is 0 Å². The SMILES string of the molecule is Cc1cc2c(N3CCC4(CC3)CN(C(=O)OC(C)(C)C)C4)nc(OC3CCC(N(C)C)CC3)nc2c(OCC(F)(F)F)c1Br. The van der Waals surface area contributed by atoms with Gasteiger partial charge in [0.15, 0.2) is 12.4 Å². The topological polar surface area (TPSA) is 80.3 Å². The van der Waals surface area contributed by atoms with Crippen molar-refractivity contribution in [2.45, 2.75) is 90.1 Å². The molecule has 1 spiro atoms. The van der Waals surface area contributed by atoms with Crippen molar-refractivity contribution in [3.8, 4) is 11.8 Å². The van der Waals surface area contributed by atoms with Gasteiger partial charge in [-0.05, 0) is 108 Å². The molecule has 2 aromatic rings. The van der Waals surface area contributed by atoms with Gasteiger partial charge in [-0.15, -0.1) is 0 Å². The van der Waals surface area contributed by atoms with E-state index in [0.717, 1.165) is 44.1 Å². The van der Waals surface area contributed by atoms with E-state index in [-0.39, 0.29) is 34.9 Å². The smallest absolute Gasteiger partial charge is 0.422 e. The largest absolute Gasteiger partial charge is 0.481 e. The molecule has 44 heavy (non-hydrogen) atoms. The number of amides is 1. The molecule has 2 saturated heterocycles. The van der Waals surface area contributed by atoms with E-state index in [2.05, 4.69) is 44.8 Å². The summed E-state index contributed by atoms with van der Waals surface area (Å²) in [5.41, 5.74) is 0.475. The lowest BCUT2D eigenvalue weighted by Gasteiger charge is -2.53. The minimum Gasteiger partial charge on any atom is -0.481 e. The van der Waals surface area contributed by atoms with Crippen LogP contribution in [0, 0.1) is 12.3 Å². The van der Waals surface area contributed by atoms with Crippen molar-refractivity contribution in [3.05, 3.63) is 16.1 Å². The predicted octanol–water partition coefficient (Wildman–Crippen LogP) is 6.73. The summed E-state index contributed by atoms with van der Waals surface area (Å²) in [6.07, 6.45) is 0.459. The number of carbonyl (C=O) groups excluding carboxylic acids is 1. The van der Waals surface area contributed by atoms with Crippen LogP contribution in [0.15, 0.2) is 10.5 Å². The van der Waals surface area contributed by atoms with E-state index >= 15 is 0 Å². The number of hydrogen-bond donors (Lipinski definition) is 0. The second kappa shape index (κ2) is 12.3. The highest BCUT2D eigenvalue weighted by atomic mass is 79.9. The predicted molar refractivity (Wildman–Crippen MR) is 166 cm³/mol. The zero-order valence-electron chi connectivity index (χ0n) is 26.4. The summed E-state index contributed by atoms with van der Waals surface area (Å²) in [5.74, 6) is 0.653. The molecule has 0 bridgehead atoms. The fourth-order valence-electron chi connectivity index (χ4n) is 6.44. The van der Waals surface area contributed by atoms with Crippen molar-refractivity contribution >= 4 is 38.7 Å². The lowest BCUT2D eigenvalue weighted by molar-refractivity contribution is -0.153. The Labute approximate surface area is 265 Å². The Hall–Kier alpha value is -2.54. The summed E-state index contributed by atoms with van der Waals surface area (Å²) in [6.45, 7) is 8.59. The zero-order valence-corrected chi connectivity index (χ0v) is 28.0. The van der Waals surface area contributed by atoms with Gasteiger partial charge in [0.05, 0.1) is 4.47 Å². The zero-order chi connectivity index (χ0) is 32.0. The third kappa shape index (κ3) is 7.46. The minimum atomic E-state index is -4.51. The molecule has 0 N–H and O–H groups in total. The summed E-state index contributed by atoms with van der Waals surface area (Å²) in [5, 5.41) is 0.617. The van der Waals surface area contributed by atoms with Crippen molar-refractivity contribution in [1.29, 1.82) is 0 Å². The highest BCUT2D eigenvalue weighted by Crippen LogP contribution is 2.45. The normalized spacial score (nSPS) is 22.3. The molecule has 1 aromatic carbocycles. The number of alkyl halides is 3. The van der Waals surface area contributed by atoms with E-state index in [4.69, 9.17) is 19.2 Å². The molecule has 1 aliphatic carbocycles. The third-order valence-corrected chi connectivity index (χ3v) is 9.87. The summed E-state index contributed by atoms with van der Waals surface area (Å²) in [4.78, 5) is 28.2. The summed E-state index contributed by atoms with van der Waals surface area (Å²) < 4.78 is 57.4. The van der Waals surface area contributed by atoms with E-state index in [9.17, 15) is 18.0 Å². The molecule has 0 unspecified atom stereocenters. The second-order valence-electron chi connectivity index (χ2n) is 13.8. The molecular weight excluding hydrogens is 643 g/mol. The molecular formula is C31H43BrF3N5O4. The molecule has 3 aliphatic rings. The maximum Gasteiger partial charge on any atom is 0.422 e. The Morgan fingerprint density at radius 2 is 1.73 bits per heavy atom. The van der Waals surface area contributed by atoms with Crippen LogP contribution in [0.2, 0.25) is 0 Å². The van der Waals surface area contributed by atoms with Crippen LogP contribution < -0.4 is 14.4 Å². The van der Waals surface area contributed by atoms with Crippen LogP contribution in [0.4, 0.5) is 23.8 Å². The first-order valence-electron chi connectivity index (χ1n) is 15.3. The number of fused-ring (bicyclic) bond motifs is 1. The molecule has 3 fully saturated rings. The first-order chi connectivity index (χ1) is 20.5. The van der Waals surface area contributed by atoms with Gasteiger partial charge in [-0.3, -0.25) is 0 Å². The lowest BCUT2D eigenvalue weighted by Crippen LogP contribution is -2.62. The van der Waals surface area contributed by atoms with Crippen molar-refractivity contribution in [2.24, 2.45) is 5.41 Å². The third-order valence-electron chi connectivity index (χ3n) is 8.88. The molecule has 13 heteroatoms. The summed E-state index contributed by atoms with van der Waals surface area (Å²) >= 11 is 3.45. The first kappa shape index (κ1) is 32.8. The number of piperidine rings is 1. The first-order valence-corrected chi connectivity index (χ1v) is 16.1. The van der Waals surface area contributed by atoms with Gasteiger partial charge >= 0.3 is 18.3 Å². The Morgan fingerprint density at radius 1 is 1.09 bits per heavy atom. The van der Waals surface area contributed by atoms with Gasteiger partial charge < -0.3 is 28.9 Å².